The van der Waals surface area contributed by atoms with E-state index < -0.39 is 0 Å². The van der Waals surface area contributed by atoms with E-state index in [2.05, 4.69) is 21.0 Å². The Kier molecular flexibility index (Phi) is 3.90. The second kappa shape index (κ2) is 6.20. The minimum atomic E-state index is 0.470. The van der Waals surface area contributed by atoms with Gasteiger partial charge in [-0.05, 0) is 44.5 Å². The molecule has 0 aliphatic carbocycles. The normalized spacial score (nSPS) is 16.7. The first kappa shape index (κ1) is 15.1. The van der Waals surface area contributed by atoms with Crippen molar-refractivity contribution in [1.29, 1.82) is 0 Å². The molecule has 6 nitrogen and oxygen atoms in total. The molecule has 0 unspecified atom stereocenters. The summed E-state index contributed by atoms with van der Waals surface area (Å²) in [6.07, 6.45) is 5.98. The Bertz CT molecular complexity index is 833. The number of piperidine rings is 1. The third-order valence-electron chi connectivity index (χ3n) is 4.73. The molecule has 0 radical (unpaired) electrons. The molecule has 3 aromatic heterocycles. The van der Waals surface area contributed by atoms with E-state index in [1.54, 1.807) is 4.52 Å². The van der Waals surface area contributed by atoms with Crippen LogP contribution < -0.4 is 5.73 Å². The Hall–Kier alpha value is -2.47. The Morgan fingerprint density at radius 1 is 1.25 bits per heavy atom. The van der Waals surface area contributed by atoms with Crippen molar-refractivity contribution in [2.45, 2.75) is 32.2 Å². The molecule has 0 spiro atoms. The van der Waals surface area contributed by atoms with Crippen molar-refractivity contribution in [3.63, 3.8) is 0 Å². The smallest absolute Gasteiger partial charge is 0.157 e. The monoisotopic (exact) mass is 322 g/mol. The molecule has 4 rings (SSSR count). The van der Waals surface area contributed by atoms with Gasteiger partial charge in [0, 0.05) is 42.7 Å². The molecule has 24 heavy (non-hydrogen) atoms. The van der Waals surface area contributed by atoms with E-state index in [1.165, 1.54) is 5.56 Å². The van der Waals surface area contributed by atoms with Gasteiger partial charge in [-0.1, -0.05) is 6.07 Å². The van der Waals surface area contributed by atoms with Crippen LogP contribution >= 0.6 is 0 Å². The molecule has 0 aromatic carbocycles. The molecule has 0 atom stereocenters. The topological polar surface area (TPSA) is 72.3 Å². The van der Waals surface area contributed by atoms with Crippen LogP contribution in [0, 0.1) is 6.92 Å². The Morgan fingerprint density at radius 2 is 2.08 bits per heavy atom. The number of likely N-dealkylation sites (tertiary alicyclic amines) is 1. The van der Waals surface area contributed by atoms with Crippen molar-refractivity contribution in [1.82, 2.24) is 24.5 Å². The molecule has 1 aliphatic heterocycles. The average Bonchev–Trinajstić information content (AvgIpc) is 2.97. The molecule has 1 aliphatic rings. The highest BCUT2D eigenvalue weighted by Crippen LogP contribution is 2.29. The van der Waals surface area contributed by atoms with Crippen LogP contribution in [0.15, 0.2) is 36.7 Å². The Morgan fingerprint density at radius 3 is 2.83 bits per heavy atom. The zero-order valence-corrected chi connectivity index (χ0v) is 13.9. The summed E-state index contributed by atoms with van der Waals surface area (Å²) in [6, 6.07) is 8.10. The summed E-state index contributed by atoms with van der Waals surface area (Å²) in [5, 5.41) is 4.37. The van der Waals surface area contributed by atoms with Gasteiger partial charge in [-0.2, -0.15) is 9.61 Å². The fourth-order valence-electron chi connectivity index (χ4n) is 3.48. The molecule has 0 amide bonds. The van der Waals surface area contributed by atoms with Gasteiger partial charge in [-0.15, -0.1) is 0 Å². The number of nitrogens with zero attached hydrogens (tertiary/aromatic N) is 5. The van der Waals surface area contributed by atoms with Crippen LogP contribution in [0.1, 0.15) is 35.7 Å². The highest BCUT2D eigenvalue weighted by molar-refractivity contribution is 5.48. The summed E-state index contributed by atoms with van der Waals surface area (Å²) in [5.41, 5.74) is 10.3. The number of hydrogen-bond donors (Lipinski definition) is 1. The summed E-state index contributed by atoms with van der Waals surface area (Å²) in [7, 11) is 0. The number of fused-ring (bicyclic) bond motifs is 1. The van der Waals surface area contributed by atoms with E-state index in [9.17, 15) is 0 Å². The molecule has 3 aromatic rings. The second-order valence-corrected chi connectivity index (χ2v) is 6.57. The number of anilines is 1. The second-order valence-electron chi connectivity index (χ2n) is 6.57. The van der Waals surface area contributed by atoms with Crippen LogP contribution in [-0.2, 0) is 6.54 Å². The van der Waals surface area contributed by atoms with Crippen molar-refractivity contribution in [2.75, 3.05) is 18.8 Å². The van der Waals surface area contributed by atoms with Crippen LogP contribution in [0.3, 0.4) is 0 Å². The number of nitrogen functional groups attached to an aromatic ring is 1. The number of pyridine rings is 1. The van der Waals surface area contributed by atoms with Crippen LogP contribution in [0.25, 0.3) is 5.65 Å². The van der Waals surface area contributed by atoms with Crippen LogP contribution in [-0.4, -0.2) is 37.6 Å². The van der Waals surface area contributed by atoms with Gasteiger partial charge in [0.1, 0.15) is 5.82 Å². The number of aromatic nitrogens is 4. The lowest BCUT2D eigenvalue weighted by atomic mass is 9.93. The standard InChI is InChI=1S/C18H22N6/c1-13-9-18-21-16(10-17(19)24(18)22-13)15-4-7-23(8-5-15)12-14-3-2-6-20-11-14/h2-3,6,9-11,15H,4-5,7-8,12,19H2,1H3. The average molecular weight is 322 g/mol. The summed E-state index contributed by atoms with van der Waals surface area (Å²) in [5.74, 6) is 1.14. The molecule has 6 heteroatoms. The number of nitrogens with two attached hydrogens (primary N) is 1. The molecule has 4 heterocycles. The first-order chi connectivity index (χ1) is 11.7. The summed E-state index contributed by atoms with van der Waals surface area (Å²) >= 11 is 0. The Balaban J connectivity index is 1.46. The number of rotatable bonds is 3. The van der Waals surface area contributed by atoms with Gasteiger partial charge in [-0.3, -0.25) is 9.88 Å². The number of aryl methyl sites for hydroxylation is 1. The number of hydrogen-bond acceptors (Lipinski definition) is 5. The molecule has 0 saturated carbocycles. The fourth-order valence-corrected chi connectivity index (χ4v) is 3.48. The predicted octanol–water partition coefficient (Wildman–Crippen LogP) is 2.39. The third kappa shape index (κ3) is 2.97. The minimum absolute atomic E-state index is 0.470. The van der Waals surface area contributed by atoms with E-state index in [0.29, 0.717) is 11.7 Å². The van der Waals surface area contributed by atoms with Gasteiger partial charge < -0.3 is 5.73 Å². The van der Waals surface area contributed by atoms with E-state index in [4.69, 9.17) is 10.7 Å². The maximum Gasteiger partial charge on any atom is 0.157 e. The molecular formula is C18H22N6. The van der Waals surface area contributed by atoms with Crippen molar-refractivity contribution >= 4 is 11.5 Å². The van der Waals surface area contributed by atoms with Crippen LogP contribution in [0.4, 0.5) is 5.82 Å². The maximum atomic E-state index is 6.15. The first-order valence-electron chi connectivity index (χ1n) is 8.43. The van der Waals surface area contributed by atoms with E-state index in [0.717, 1.165) is 49.5 Å². The van der Waals surface area contributed by atoms with Gasteiger partial charge in [-0.25, -0.2) is 4.98 Å². The van der Waals surface area contributed by atoms with E-state index in [-0.39, 0.29) is 0 Å². The highest BCUT2D eigenvalue weighted by atomic mass is 15.3. The summed E-state index contributed by atoms with van der Waals surface area (Å²) < 4.78 is 1.72. The van der Waals surface area contributed by atoms with Gasteiger partial charge in [0.05, 0.1) is 5.69 Å². The summed E-state index contributed by atoms with van der Waals surface area (Å²) in [4.78, 5) is 11.5. The highest BCUT2D eigenvalue weighted by Gasteiger charge is 2.22. The molecule has 124 valence electrons. The van der Waals surface area contributed by atoms with Crippen molar-refractivity contribution in [3.05, 3.63) is 53.6 Å². The van der Waals surface area contributed by atoms with Crippen LogP contribution in [0.5, 0.6) is 0 Å². The zero-order valence-electron chi connectivity index (χ0n) is 13.9. The largest absolute Gasteiger partial charge is 0.384 e. The van der Waals surface area contributed by atoms with Crippen molar-refractivity contribution < 1.29 is 0 Å². The third-order valence-corrected chi connectivity index (χ3v) is 4.73. The summed E-state index contributed by atoms with van der Waals surface area (Å²) in [6.45, 7) is 5.08. The van der Waals surface area contributed by atoms with Gasteiger partial charge in [0.25, 0.3) is 0 Å². The van der Waals surface area contributed by atoms with Crippen molar-refractivity contribution in [3.8, 4) is 0 Å². The lowest BCUT2D eigenvalue weighted by Gasteiger charge is -2.31. The van der Waals surface area contributed by atoms with Crippen LogP contribution in [0.2, 0.25) is 0 Å². The Labute approximate surface area is 141 Å². The predicted molar refractivity (Wildman–Crippen MR) is 93.6 cm³/mol. The minimum Gasteiger partial charge on any atom is -0.384 e. The molecule has 1 fully saturated rings. The molecular weight excluding hydrogens is 300 g/mol. The van der Waals surface area contributed by atoms with Gasteiger partial charge >= 0.3 is 0 Å². The van der Waals surface area contributed by atoms with Gasteiger partial charge in [0.15, 0.2) is 5.65 Å². The first-order valence-corrected chi connectivity index (χ1v) is 8.43. The fraction of sp³-hybridized carbons (Fsp3) is 0.389. The van der Waals surface area contributed by atoms with E-state index >= 15 is 0 Å². The molecule has 2 N–H and O–H groups in total. The maximum absolute atomic E-state index is 6.15. The lowest BCUT2D eigenvalue weighted by molar-refractivity contribution is 0.203. The lowest BCUT2D eigenvalue weighted by Crippen LogP contribution is -2.32. The quantitative estimate of drug-likeness (QED) is 0.801. The SMILES string of the molecule is Cc1cc2nc(C3CCN(Cc4cccnc4)CC3)cc(N)n2n1. The molecule has 0 bridgehead atoms. The zero-order chi connectivity index (χ0) is 16.5. The van der Waals surface area contributed by atoms with Gasteiger partial charge in [0.2, 0.25) is 0 Å². The van der Waals surface area contributed by atoms with E-state index in [1.807, 2.05) is 37.5 Å². The van der Waals surface area contributed by atoms with Crippen molar-refractivity contribution in [2.24, 2.45) is 0 Å². The molecule has 1 saturated heterocycles.